The molecule has 0 aliphatic carbocycles. The van der Waals surface area contributed by atoms with Gasteiger partial charge in [-0.15, -0.1) is 11.8 Å². The number of para-hydroxylation sites is 1. The Kier molecular flexibility index (Phi) is 5.05. The first-order valence-corrected chi connectivity index (χ1v) is 8.78. The molecular weight excluding hydrogens is 322 g/mol. The van der Waals surface area contributed by atoms with Crippen molar-refractivity contribution < 1.29 is 9.59 Å². The Labute approximate surface area is 145 Å². The summed E-state index contributed by atoms with van der Waals surface area (Å²) >= 11 is 1.83. The first-order chi connectivity index (χ1) is 11.6. The smallest absolute Gasteiger partial charge is 0.248 e. The quantitative estimate of drug-likeness (QED) is 0.896. The largest absolute Gasteiger partial charge is 0.366 e. The van der Waals surface area contributed by atoms with Crippen LogP contribution in [-0.4, -0.2) is 30.7 Å². The van der Waals surface area contributed by atoms with E-state index in [1.807, 2.05) is 23.9 Å². The summed E-state index contributed by atoms with van der Waals surface area (Å²) in [6.07, 6.45) is 1.04. The van der Waals surface area contributed by atoms with Crippen molar-refractivity contribution in [3.05, 3.63) is 54.1 Å². The van der Waals surface area contributed by atoms with E-state index in [9.17, 15) is 9.59 Å². The van der Waals surface area contributed by atoms with Gasteiger partial charge >= 0.3 is 0 Å². The number of rotatable bonds is 4. The Hall–Kier alpha value is -2.47. The number of nitrogens with zero attached hydrogens (tertiary/aromatic N) is 1. The predicted molar refractivity (Wildman–Crippen MR) is 97.6 cm³/mol. The molecule has 0 aromatic heterocycles. The number of nitrogens with one attached hydrogen (secondary N) is 1. The van der Waals surface area contributed by atoms with E-state index in [-0.39, 0.29) is 5.91 Å². The molecular formula is C18H19N3O2S. The molecule has 1 aliphatic rings. The lowest BCUT2D eigenvalue weighted by Gasteiger charge is -2.23. The molecule has 2 amide bonds. The molecule has 0 radical (unpaired) electrons. The number of anilines is 2. The van der Waals surface area contributed by atoms with Crippen molar-refractivity contribution in [1.82, 2.24) is 0 Å². The molecule has 5 nitrogen and oxygen atoms in total. The van der Waals surface area contributed by atoms with Crippen LogP contribution in [0.25, 0.3) is 0 Å². The summed E-state index contributed by atoms with van der Waals surface area (Å²) in [7, 11) is 0. The van der Waals surface area contributed by atoms with E-state index in [4.69, 9.17) is 5.73 Å². The van der Waals surface area contributed by atoms with E-state index < -0.39 is 5.91 Å². The second-order valence-corrected chi connectivity index (χ2v) is 6.72. The molecule has 3 N–H and O–H groups in total. The van der Waals surface area contributed by atoms with Gasteiger partial charge in [-0.2, -0.15) is 0 Å². The number of thioether (sulfide) groups is 1. The molecule has 1 heterocycles. The van der Waals surface area contributed by atoms with Crippen LogP contribution in [-0.2, 0) is 4.79 Å². The average molecular weight is 341 g/mol. The lowest BCUT2D eigenvalue weighted by molar-refractivity contribution is -0.115. The van der Waals surface area contributed by atoms with Gasteiger partial charge in [0.15, 0.2) is 0 Å². The Morgan fingerprint density at radius 1 is 1.12 bits per heavy atom. The third-order valence-corrected chi connectivity index (χ3v) is 4.97. The van der Waals surface area contributed by atoms with Crippen LogP contribution >= 0.6 is 11.8 Å². The maximum Gasteiger partial charge on any atom is 0.248 e. The molecule has 0 spiro atoms. The standard InChI is InChI=1S/C18H19N3O2S/c19-18(23)13-6-8-14(9-7-13)20-17(22)12-21-10-3-11-24-16-5-2-1-4-15(16)21/h1-2,4-9H,3,10-12H2,(H2,19,23)(H,20,22). The summed E-state index contributed by atoms with van der Waals surface area (Å²) in [6.45, 7) is 1.16. The number of hydrogen-bond donors (Lipinski definition) is 2. The lowest BCUT2D eigenvalue weighted by Crippen LogP contribution is -2.34. The molecule has 0 bridgehead atoms. The fraction of sp³-hybridized carbons (Fsp3) is 0.222. The van der Waals surface area contributed by atoms with Gasteiger partial charge < -0.3 is 16.0 Å². The van der Waals surface area contributed by atoms with Crippen LogP contribution in [0.4, 0.5) is 11.4 Å². The molecule has 124 valence electrons. The number of hydrogen-bond acceptors (Lipinski definition) is 4. The van der Waals surface area contributed by atoms with Gasteiger partial charge in [-0.25, -0.2) is 0 Å². The van der Waals surface area contributed by atoms with Gasteiger partial charge in [0, 0.05) is 22.7 Å². The second kappa shape index (κ2) is 7.40. The van der Waals surface area contributed by atoms with Crippen molar-refractivity contribution >= 4 is 35.0 Å². The third kappa shape index (κ3) is 3.89. The van der Waals surface area contributed by atoms with Crippen molar-refractivity contribution in [1.29, 1.82) is 0 Å². The summed E-state index contributed by atoms with van der Waals surface area (Å²) in [4.78, 5) is 26.8. The summed E-state index contributed by atoms with van der Waals surface area (Å²) in [5.41, 5.74) is 7.40. The van der Waals surface area contributed by atoms with Crippen molar-refractivity contribution in [2.45, 2.75) is 11.3 Å². The van der Waals surface area contributed by atoms with Crippen LogP contribution in [0.1, 0.15) is 16.8 Å². The molecule has 1 aliphatic heterocycles. The topological polar surface area (TPSA) is 75.4 Å². The molecule has 0 atom stereocenters. The molecule has 2 aromatic rings. The fourth-order valence-electron chi connectivity index (χ4n) is 2.65. The lowest BCUT2D eigenvalue weighted by atomic mass is 10.2. The normalized spacial score (nSPS) is 13.8. The second-order valence-electron chi connectivity index (χ2n) is 5.58. The fourth-order valence-corrected chi connectivity index (χ4v) is 3.67. The van der Waals surface area contributed by atoms with Gasteiger partial charge in [-0.3, -0.25) is 9.59 Å². The van der Waals surface area contributed by atoms with Gasteiger partial charge in [-0.1, -0.05) is 12.1 Å². The predicted octanol–water partition coefficient (Wildman–Crippen LogP) is 2.73. The summed E-state index contributed by atoms with van der Waals surface area (Å²) in [5.74, 6) is 0.499. The van der Waals surface area contributed by atoms with Crippen LogP contribution in [0.3, 0.4) is 0 Å². The zero-order valence-electron chi connectivity index (χ0n) is 13.2. The highest BCUT2D eigenvalue weighted by atomic mass is 32.2. The summed E-state index contributed by atoms with van der Waals surface area (Å²) in [5, 5.41) is 2.87. The van der Waals surface area contributed by atoms with Crippen molar-refractivity contribution in [3.8, 4) is 0 Å². The molecule has 24 heavy (non-hydrogen) atoms. The van der Waals surface area contributed by atoms with E-state index in [0.717, 1.165) is 24.4 Å². The minimum absolute atomic E-state index is 0.0801. The first kappa shape index (κ1) is 16.4. The molecule has 0 unspecified atom stereocenters. The number of amides is 2. The first-order valence-electron chi connectivity index (χ1n) is 7.80. The molecule has 2 aromatic carbocycles. The van der Waals surface area contributed by atoms with Gasteiger partial charge in [0.2, 0.25) is 11.8 Å². The van der Waals surface area contributed by atoms with Crippen molar-refractivity contribution in [2.75, 3.05) is 29.1 Å². The molecule has 3 rings (SSSR count). The summed E-state index contributed by atoms with van der Waals surface area (Å²) < 4.78 is 0. The van der Waals surface area contributed by atoms with Gasteiger partial charge in [0.25, 0.3) is 0 Å². The van der Waals surface area contributed by atoms with E-state index >= 15 is 0 Å². The number of primary amides is 1. The monoisotopic (exact) mass is 341 g/mol. The maximum absolute atomic E-state index is 12.4. The Morgan fingerprint density at radius 3 is 2.62 bits per heavy atom. The Bertz CT molecular complexity index is 746. The molecule has 6 heteroatoms. The van der Waals surface area contributed by atoms with E-state index in [0.29, 0.717) is 17.8 Å². The minimum atomic E-state index is -0.480. The Balaban J connectivity index is 1.67. The highest BCUT2D eigenvalue weighted by molar-refractivity contribution is 7.99. The zero-order chi connectivity index (χ0) is 16.9. The highest BCUT2D eigenvalue weighted by Gasteiger charge is 2.17. The third-order valence-electron chi connectivity index (χ3n) is 3.82. The molecule has 0 saturated carbocycles. The van der Waals surface area contributed by atoms with E-state index in [1.165, 1.54) is 4.90 Å². The van der Waals surface area contributed by atoms with Crippen LogP contribution in [0.5, 0.6) is 0 Å². The summed E-state index contributed by atoms with van der Waals surface area (Å²) in [6, 6.07) is 14.8. The molecule has 0 saturated heterocycles. The van der Waals surface area contributed by atoms with E-state index in [2.05, 4.69) is 22.3 Å². The Morgan fingerprint density at radius 2 is 1.88 bits per heavy atom. The van der Waals surface area contributed by atoms with Crippen LogP contribution in [0.15, 0.2) is 53.4 Å². The van der Waals surface area contributed by atoms with Gasteiger partial charge in [0.05, 0.1) is 12.2 Å². The number of benzene rings is 2. The van der Waals surface area contributed by atoms with Crippen LogP contribution in [0.2, 0.25) is 0 Å². The SMILES string of the molecule is NC(=O)c1ccc(NC(=O)CN2CCCSc3ccccc32)cc1. The number of nitrogens with two attached hydrogens (primary N) is 1. The average Bonchev–Trinajstić information content (AvgIpc) is 2.78. The van der Waals surface area contributed by atoms with Crippen LogP contribution in [0, 0.1) is 0 Å². The van der Waals surface area contributed by atoms with Crippen LogP contribution < -0.4 is 16.0 Å². The maximum atomic E-state index is 12.4. The highest BCUT2D eigenvalue weighted by Crippen LogP contribution is 2.33. The van der Waals surface area contributed by atoms with Gasteiger partial charge in [0.1, 0.15) is 0 Å². The molecule has 0 fully saturated rings. The van der Waals surface area contributed by atoms with E-state index in [1.54, 1.807) is 24.3 Å². The number of carbonyl (C=O) groups is 2. The minimum Gasteiger partial charge on any atom is -0.366 e. The number of fused-ring (bicyclic) bond motifs is 1. The van der Waals surface area contributed by atoms with Crippen molar-refractivity contribution in [3.63, 3.8) is 0 Å². The van der Waals surface area contributed by atoms with Crippen molar-refractivity contribution in [2.24, 2.45) is 5.73 Å². The number of carbonyl (C=O) groups excluding carboxylic acids is 2. The van der Waals surface area contributed by atoms with Gasteiger partial charge in [-0.05, 0) is 48.6 Å². The zero-order valence-corrected chi connectivity index (χ0v) is 14.0.